The first-order chi connectivity index (χ1) is 9.84. The van der Waals surface area contributed by atoms with Crippen LogP contribution in [0.25, 0.3) is 5.57 Å². The Morgan fingerprint density at radius 2 is 1.05 bits per heavy atom. The molecule has 2 aromatic carbocycles. The van der Waals surface area contributed by atoms with E-state index >= 15 is 0 Å². The largest absolute Gasteiger partial charge is 0.254 e. The summed E-state index contributed by atoms with van der Waals surface area (Å²) in [5.41, 5.74) is 5.61. The summed E-state index contributed by atoms with van der Waals surface area (Å²) in [4.78, 5) is 0. The second-order valence-electron chi connectivity index (χ2n) is 4.73. The third-order valence-corrected chi connectivity index (χ3v) is 3.32. The van der Waals surface area contributed by atoms with Crippen LogP contribution in [0.1, 0.15) is 11.1 Å². The predicted molar refractivity (Wildman–Crippen MR) is 84.1 cm³/mol. The molecule has 20 heavy (non-hydrogen) atoms. The number of hydrogen-bond donors (Lipinski definition) is 1. The second-order valence-corrected chi connectivity index (χ2v) is 4.73. The van der Waals surface area contributed by atoms with E-state index in [0.717, 1.165) is 5.71 Å². The standard InChI is InChI=1S/C19H15N/c20-18-13-11-17(12-14-18)19(15-7-3-1-4-8-15)16-9-5-2-6-10-16/h1-14,20H/p+1. The number of rotatable bonds is 2. The fourth-order valence-corrected chi connectivity index (χ4v) is 2.36. The van der Waals surface area contributed by atoms with Gasteiger partial charge in [-0.05, 0) is 34.4 Å². The molecule has 0 spiro atoms. The summed E-state index contributed by atoms with van der Waals surface area (Å²) in [5.74, 6) is 0. The highest BCUT2D eigenvalue weighted by Crippen LogP contribution is 2.29. The Kier molecular flexibility index (Phi) is 3.42. The lowest BCUT2D eigenvalue weighted by Crippen LogP contribution is -2.37. The van der Waals surface area contributed by atoms with E-state index in [9.17, 15) is 0 Å². The fourth-order valence-electron chi connectivity index (χ4n) is 2.36. The lowest BCUT2D eigenvalue weighted by Gasteiger charge is -2.13. The number of benzene rings is 2. The van der Waals surface area contributed by atoms with Crippen molar-refractivity contribution in [2.45, 2.75) is 0 Å². The van der Waals surface area contributed by atoms with Crippen LogP contribution >= 0.6 is 0 Å². The van der Waals surface area contributed by atoms with Gasteiger partial charge in [-0.3, -0.25) is 5.41 Å². The summed E-state index contributed by atoms with van der Waals surface area (Å²) < 4.78 is 0. The zero-order chi connectivity index (χ0) is 13.8. The Hall–Kier alpha value is -2.67. The highest BCUT2D eigenvalue weighted by molar-refractivity contribution is 6.03. The van der Waals surface area contributed by atoms with E-state index in [-0.39, 0.29) is 0 Å². The van der Waals surface area contributed by atoms with Crippen LogP contribution in [0, 0.1) is 0 Å². The summed E-state index contributed by atoms with van der Waals surface area (Å²) >= 11 is 0. The van der Waals surface area contributed by atoms with Crippen molar-refractivity contribution in [3.63, 3.8) is 0 Å². The van der Waals surface area contributed by atoms with Gasteiger partial charge in [-0.1, -0.05) is 60.7 Å². The van der Waals surface area contributed by atoms with E-state index in [0.29, 0.717) is 0 Å². The normalized spacial score (nSPS) is 13.6. The minimum atomic E-state index is 0.786. The van der Waals surface area contributed by atoms with Crippen LogP contribution in [-0.4, -0.2) is 5.71 Å². The summed E-state index contributed by atoms with van der Waals surface area (Å²) in [6.45, 7) is 0. The Morgan fingerprint density at radius 3 is 1.50 bits per heavy atom. The number of nitrogens with two attached hydrogens (primary N) is 1. The van der Waals surface area contributed by atoms with Crippen LogP contribution in [0.2, 0.25) is 0 Å². The molecule has 96 valence electrons. The van der Waals surface area contributed by atoms with Crippen molar-refractivity contribution in [2.75, 3.05) is 0 Å². The van der Waals surface area contributed by atoms with Gasteiger partial charge in [-0.25, -0.2) is 0 Å². The minimum absolute atomic E-state index is 0.786. The first kappa shape index (κ1) is 12.4. The van der Waals surface area contributed by atoms with Gasteiger partial charge < -0.3 is 0 Å². The Labute approximate surface area is 119 Å². The summed E-state index contributed by atoms with van der Waals surface area (Å²) in [7, 11) is 0. The Balaban J connectivity index is 2.20. The fraction of sp³-hybridized carbons (Fsp3) is 0. The lowest BCUT2D eigenvalue weighted by atomic mass is 9.91. The van der Waals surface area contributed by atoms with Crippen molar-refractivity contribution < 1.29 is 5.41 Å². The molecule has 2 N–H and O–H groups in total. The van der Waals surface area contributed by atoms with Crippen LogP contribution in [0.15, 0.2) is 90.5 Å². The molecule has 1 heteroatoms. The zero-order valence-electron chi connectivity index (χ0n) is 11.2. The molecule has 0 bridgehead atoms. The predicted octanol–water partition coefficient (Wildman–Crippen LogP) is 2.81. The van der Waals surface area contributed by atoms with Gasteiger partial charge >= 0.3 is 0 Å². The van der Waals surface area contributed by atoms with Crippen LogP contribution in [0.3, 0.4) is 0 Å². The third kappa shape index (κ3) is 2.52. The van der Waals surface area contributed by atoms with Crippen molar-refractivity contribution in [3.8, 4) is 0 Å². The van der Waals surface area contributed by atoms with E-state index < -0.39 is 0 Å². The van der Waals surface area contributed by atoms with E-state index in [1.54, 1.807) is 0 Å². The average Bonchev–Trinajstić information content (AvgIpc) is 2.52. The van der Waals surface area contributed by atoms with Crippen molar-refractivity contribution in [1.29, 1.82) is 0 Å². The zero-order valence-corrected chi connectivity index (χ0v) is 11.2. The first-order valence-electron chi connectivity index (χ1n) is 6.68. The van der Waals surface area contributed by atoms with Gasteiger partial charge in [-0.2, -0.15) is 0 Å². The molecular formula is C19H16N+. The van der Waals surface area contributed by atoms with Gasteiger partial charge in [0.2, 0.25) is 0 Å². The Morgan fingerprint density at radius 1 is 0.600 bits per heavy atom. The third-order valence-electron chi connectivity index (χ3n) is 3.32. The maximum atomic E-state index is 5.79. The lowest BCUT2D eigenvalue weighted by molar-refractivity contribution is -0.110. The highest BCUT2D eigenvalue weighted by Gasteiger charge is 2.10. The van der Waals surface area contributed by atoms with Crippen LogP contribution in [0.5, 0.6) is 0 Å². The molecule has 0 aromatic heterocycles. The monoisotopic (exact) mass is 258 g/mol. The second kappa shape index (κ2) is 5.54. The minimum Gasteiger partial charge on any atom is -0.254 e. The molecule has 0 saturated heterocycles. The molecular weight excluding hydrogens is 242 g/mol. The molecule has 1 aliphatic carbocycles. The van der Waals surface area contributed by atoms with Gasteiger partial charge in [0, 0.05) is 12.2 Å². The SMILES string of the molecule is [NH2+]=C1C=CC(=C(c2ccccc2)c2ccccc2)C=C1. The van der Waals surface area contributed by atoms with Gasteiger partial charge in [-0.15, -0.1) is 0 Å². The molecule has 0 radical (unpaired) electrons. The van der Waals surface area contributed by atoms with Crippen LogP contribution in [0.4, 0.5) is 0 Å². The molecule has 0 saturated carbocycles. The van der Waals surface area contributed by atoms with E-state index in [1.165, 1.54) is 22.3 Å². The first-order valence-corrected chi connectivity index (χ1v) is 6.68. The molecule has 0 atom stereocenters. The van der Waals surface area contributed by atoms with Gasteiger partial charge in [0.15, 0.2) is 5.71 Å². The molecule has 2 aromatic rings. The summed E-state index contributed by atoms with van der Waals surface area (Å²) in [6.07, 6.45) is 8.04. The van der Waals surface area contributed by atoms with Crippen LogP contribution in [-0.2, 0) is 0 Å². The molecule has 0 amide bonds. The molecule has 0 heterocycles. The Bertz CT molecular complexity index is 644. The molecule has 1 aliphatic rings. The number of hydrogen-bond acceptors (Lipinski definition) is 0. The van der Waals surface area contributed by atoms with E-state index in [1.807, 2.05) is 24.3 Å². The molecule has 1 nitrogen and oxygen atoms in total. The molecule has 0 aliphatic heterocycles. The quantitative estimate of drug-likeness (QED) is 0.857. The van der Waals surface area contributed by atoms with Crippen molar-refractivity contribution in [3.05, 3.63) is 102 Å². The summed E-state index contributed by atoms with van der Waals surface area (Å²) in [5, 5.41) is 5.79. The van der Waals surface area contributed by atoms with Crippen molar-refractivity contribution >= 4 is 11.3 Å². The molecule has 0 unspecified atom stereocenters. The smallest absolute Gasteiger partial charge is 0.196 e. The maximum Gasteiger partial charge on any atom is 0.196 e. The van der Waals surface area contributed by atoms with Crippen molar-refractivity contribution in [1.82, 2.24) is 0 Å². The summed E-state index contributed by atoms with van der Waals surface area (Å²) in [6, 6.07) is 20.9. The average molecular weight is 258 g/mol. The van der Waals surface area contributed by atoms with Gasteiger partial charge in [0.1, 0.15) is 0 Å². The number of allylic oxidation sites excluding steroid dienone is 5. The van der Waals surface area contributed by atoms with Gasteiger partial charge in [0.25, 0.3) is 0 Å². The molecule has 0 fully saturated rings. The van der Waals surface area contributed by atoms with E-state index in [2.05, 4.69) is 60.7 Å². The van der Waals surface area contributed by atoms with Gasteiger partial charge in [0.05, 0.1) is 0 Å². The maximum absolute atomic E-state index is 5.79. The topological polar surface area (TPSA) is 25.6 Å². The van der Waals surface area contributed by atoms with Crippen molar-refractivity contribution in [2.24, 2.45) is 0 Å². The van der Waals surface area contributed by atoms with E-state index in [4.69, 9.17) is 5.41 Å². The van der Waals surface area contributed by atoms with Crippen LogP contribution < -0.4 is 5.41 Å². The highest BCUT2D eigenvalue weighted by atomic mass is 14.4. The molecule has 3 rings (SSSR count).